The summed E-state index contributed by atoms with van der Waals surface area (Å²) < 4.78 is 0. The summed E-state index contributed by atoms with van der Waals surface area (Å²) >= 11 is 0. The van der Waals surface area contributed by atoms with Gasteiger partial charge in [0.25, 0.3) is 0 Å². The number of rotatable bonds is 9. The number of aliphatic carboxylic acids is 1. The summed E-state index contributed by atoms with van der Waals surface area (Å²) in [5.41, 5.74) is 5.58. The van der Waals surface area contributed by atoms with E-state index in [1.54, 1.807) is 0 Å². The lowest BCUT2D eigenvalue weighted by atomic mass is 9.84. The van der Waals surface area contributed by atoms with Crippen molar-refractivity contribution < 1.29 is 14.7 Å². The van der Waals surface area contributed by atoms with Crippen LogP contribution >= 0.6 is 0 Å². The second kappa shape index (κ2) is 8.37. The summed E-state index contributed by atoms with van der Waals surface area (Å²) in [5, 5.41) is 11.8. The second-order valence-electron chi connectivity index (χ2n) is 7.83. The predicted molar refractivity (Wildman–Crippen MR) is 84.9 cm³/mol. The molecule has 0 saturated heterocycles. The van der Waals surface area contributed by atoms with Gasteiger partial charge in [0.1, 0.15) is 0 Å². The molecule has 5 heteroatoms. The zero-order chi connectivity index (χ0) is 16.7. The number of carboxylic acid groups (broad SMARTS) is 1. The SMILES string of the molecule is CC(C)(C)CC(CC(=O)O)NC(=O)CCC(C)(C)CCN. The molecule has 0 aromatic carbocycles. The molecular weight excluding hydrogens is 268 g/mol. The first kappa shape index (κ1) is 19.9. The minimum atomic E-state index is -0.881. The molecule has 1 unspecified atom stereocenters. The Balaban J connectivity index is 4.43. The van der Waals surface area contributed by atoms with E-state index in [2.05, 4.69) is 19.2 Å². The largest absolute Gasteiger partial charge is 0.481 e. The van der Waals surface area contributed by atoms with E-state index in [-0.39, 0.29) is 29.2 Å². The van der Waals surface area contributed by atoms with Gasteiger partial charge >= 0.3 is 5.97 Å². The highest BCUT2D eigenvalue weighted by Gasteiger charge is 2.24. The van der Waals surface area contributed by atoms with Crippen LogP contribution in [0.4, 0.5) is 0 Å². The average Bonchev–Trinajstić information content (AvgIpc) is 2.23. The Morgan fingerprint density at radius 2 is 1.71 bits per heavy atom. The molecule has 1 amide bonds. The molecule has 0 heterocycles. The maximum Gasteiger partial charge on any atom is 0.305 e. The molecule has 5 nitrogen and oxygen atoms in total. The van der Waals surface area contributed by atoms with Crippen molar-refractivity contribution in [1.29, 1.82) is 0 Å². The number of hydrogen-bond acceptors (Lipinski definition) is 3. The van der Waals surface area contributed by atoms with Crippen molar-refractivity contribution in [3.63, 3.8) is 0 Å². The van der Waals surface area contributed by atoms with Gasteiger partial charge in [0.15, 0.2) is 0 Å². The molecule has 0 aliphatic rings. The molecule has 0 aromatic rings. The van der Waals surface area contributed by atoms with Gasteiger partial charge in [-0.15, -0.1) is 0 Å². The number of carbonyl (C=O) groups excluding carboxylic acids is 1. The van der Waals surface area contributed by atoms with E-state index in [4.69, 9.17) is 10.8 Å². The van der Waals surface area contributed by atoms with Crippen LogP contribution in [0.25, 0.3) is 0 Å². The van der Waals surface area contributed by atoms with Crippen LogP contribution in [-0.4, -0.2) is 29.6 Å². The first-order valence-corrected chi connectivity index (χ1v) is 7.66. The van der Waals surface area contributed by atoms with Crippen molar-refractivity contribution in [3.8, 4) is 0 Å². The number of nitrogens with two attached hydrogens (primary N) is 1. The fourth-order valence-electron chi connectivity index (χ4n) is 2.39. The molecule has 0 aliphatic carbocycles. The fraction of sp³-hybridized carbons (Fsp3) is 0.875. The van der Waals surface area contributed by atoms with Gasteiger partial charge in [-0.25, -0.2) is 0 Å². The molecule has 0 aromatic heterocycles. The highest BCUT2D eigenvalue weighted by Crippen LogP contribution is 2.26. The molecule has 0 radical (unpaired) electrons. The van der Waals surface area contributed by atoms with Crippen LogP contribution in [0.1, 0.15) is 66.7 Å². The Bertz CT molecular complexity index is 346. The zero-order valence-corrected chi connectivity index (χ0v) is 14.2. The monoisotopic (exact) mass is 300 g/mol. The Kier molecular flexibility index (Phi) is 7.93. The molecular formula is C16H32N2O3. The Hall–Kier alpha value is -1.10. The van der Waals surface area contributed by atoms with Crippen LogP contribution < -0.4 is 11.1 Å². The van der Waals surface area contributed by atoms with Crippen molar-refractivity contribution in [2.75, 3.05) is 6.54 Å². The van der Waals surface area contributed by atoms with Gasteiger partial charge in [0.2, 0.25) is 5.91 Å². The summed E-state index contributed by atoms with van der Waals surface area (Å²) in [4.78, 5) is 23.0. The number of nitrogens with one attached hydrogen (secondary N) is 1. The number of hydrogen-bond donors (Lipinski definition) is 3. The maximum atomic E-state index is 12.0. The second-order valence-corrected chi connectivity index (χ2v) is 7.83. The summed E-state index contributed by atoms with van der Waals surface area (Å²) in [6.07, 6.45) is 2.66. The van der Waals surface area contributed by atoms with Gasteiger partial charge in [-0.1, -0.05) is 34.6 Å². The highest BCUT2D eigenvalue weighted by atomic mass is 16.4. The van der Waals surface area contributed by atoms with Gasteiger partial charge in [-0.05, 0) is 36.6 Å². The third-order valence-electron chi connectivity index (χ3n) is 3.49. The van der Waals surface area contributed by atoms with E-state index in [0.29, 0.717) is 19.4 Å². The Morgan fingerprint density at radius 1 is 1.14 bits per heavy atom. The lowest BCUT2D eigenvalue weighted by Crippen LogP contribution is -2.39. The van der Waals surface area contributed by atoms with E-state index in [9.17, 15) is 9.59 Å². The zero-order valence-electron chi connectivity index (χ0n) is 14.2. The maximum absolute atomic E-state index is 12.0. The summed E-state index contributed by atoms with van der Waals surface area (Å²) in [6, 6.07) is -0.312. The first-order valence-electron chi connectivity index (χ1n) is 7.66. The molecule has 0 fully saturated rings. The number of amides is 1. The van der Waals surface area contributed by atoms with E-state index in [0.717, 1.165) is 12.8 Å². The lowest BCUT2D eigenvalue weighted by molar-refractivity contribution is -0.138. The van der Waals surface area contributed by atoms with Crippen LogP contribution in [-0.2, 0) is 9.59 Å². The molecule has 0 saturated carbocycles. The van der Waals surface area contributed by atoms with E-state index in [1.165, 1.54) is 0 Å². The van der Waals surface area contributed by atoms with Crippen LogP contribution in [0.5, 0.6) is 0 Å². The quantitative estimate of drug-likeness (QED) is 0.610. The van der Waals surface area contributed by atoms with Crippen LogP contribution in [0.2, 0.25) is 0 Å². The van der Waals surface area contributed by atoms with E-state index in [1.807, 2.05) is 20.8 Å². The van der Waals surface area contributed by atoms with Gasteiger partial charge in [0, 0.05) is 12.5 Å². The highest BCUT2D eigenvalue weighted by molar-refractivity contribution is 5.77. The van der Waals surface area contributed by atoms with Crippen molar-refractivity contribution in [2.45, 2.75) is 72.8 Å². The molecule has 0 spiro atoms. The van der Waals surface area contributed by atoms with Gasteiger partial charge in [-0.2, -0.15) is 0 Å². The van der Waals surface area contributed by atoms with Crippen LogP contribution in [0.15, 0.2) is 0 Å². The fourth-order valence-corrected chi connectivity index (χ4v) is 2.39. The molecule has 124 valence electrons. The molecule has 1 atom stereocenters. The smallest absolute Gasteiger partial charge is 0.305 e. The summed E-state index contributed by atoms with van der Waals surface area (Å²) in [5.74, 6) is -0.955. The van der Waals surface area contributed by atoms with E-state index >= 15 is 0 Å². The van der Waals surface area contributed by atoms with Gasteiger partial charge in [0.05, 0.1) is 6.42 Å². The van der Waals surface area contributed by atoms with Gasteiger partial charge < -0.3 is 16.2 Å². The Labute approximate surface area is 128 Å². The standard InChI is InChI=1S/C16H32N2O3/c1-15(2,3)11-12(10-14(20)21)18-13(19)6-7-16(4,5)8-9-17/h12H,6-11,17H2,1-5H3,(H,18,19)(H,20,21). The van der Waals surface area contributed by atoms with Crippen molar-refractivity contribution in [3.05, 3.63) is 0 Å². The summed E-state index contributed by atoms with van der Waals surface area (Å²) in [6.45, 7) is 10.9. The van der Waals surface area contributed by atoms with Crippen LogP contribution in [0, 0.1) is 10.8 Å². The molecule has 4 N–H and O–H groups in total. The van der Waals surface area contributed by atoms with Crippen LogP contribution in [0.3, 0.4) is 0 Å². The number of carboxylic acids is 1. The molecule has 0 rings (SSSR count). The van der Waals surface area contributed by atoms with Crippen molar-refractivity contribution >= 4 is 11.9 Å². The summed E-state index contributed by atoms with van der Waals surface area (Å²) in [7, 11) is 0. The Morgan fingerprint density at radius 3 is 2.14 bits per heavy atom. The minimum Gasteiger partial charge on any atom is -0.481 e. The predicted octanol–water partition coefficient (Wildman–Crippen LogP) is 2.54. The first-order chi connectivity index (χ1) is 9.45. The number of carbonyl (C=O) groups is 2. The normalized spacial score (nSPS) is 13.8. The lowest BCUT2D eigenvalue weighted by Gasteiger charge is -2.27. The average molecular weight is 300 g/mol. The van der Waals surface area contributed by atoms with E-state index < -0.39 is 5.97 Å². The molecule has 21 heavy (non-hydrogen) atoms. The molecule has 0 bridgehead atoms. The van der Waals surface area contributed by atoms with Crippen molar-refractivity contribution in [1.82, 2.24) is 5.32 Å². The van der Waals surface area contributed by atoms with Gasteiger partial charge in [-0.3, -0.25) is 9.59 Å². The third-order valence-corrected chi connectivity index (χ3v) is 3.49. The third kappa shape index (κ3) is 11.3. The minimum absolute atomic E-state index is 0.0216. The molecule has 0 aliphatic heterocycles. The topological polar surface area (TPSA) is 92.4 Å². The van der Waals surface area contributed by atoms with Crippen molar-refractivity contribution in [2.24, 2.45) is 16.6 Å².